The average Bonchev–Trinajstić information content (AvgIpc) is 3.02. The topological polar surface area (TPSA) is 83.8 Å². The minimum absolute atomic E-state index is 0.0233. The Labute approximate surface area is 128 Å². The summed E-state index contributed by atoms with van der Waals surface area (Å²) in [5, 5.41) is 3.96. The predicted octanol–water partition coefficient (Wildman–Crippen LogP) is 2.19. The summed E-state index contributed by atoms with van der Waals surface area (Å²) in [6.07, 6.45) is 4.04. The van der Waals surface area contributed by atoms with Crippen LogP contribution in [-0.4, -0.2) is 22.4 Å². The maximum Gasteiger partial charge on any atom is 0.221 e. The number of aromatic amines is 1. The number of pyridine rings is 1. The number of benzene rings is 1. The van der Waals surface area contributed by atoms with E-state index in [1.54, 1.807) is 6.20 Å². The molecule has 0 unspecified atom stereocenters. The Hall–Kier alpha value is -2.66. The summed E-state index contributed by atoms with van der Waals surface area (Å²) in [6.45, 7) is 0.877. The van der Waals surface area contributed by atoms with Gasteiger partial charge in [-0.15, -0.1) is 0 Å². The number of aromatic nitrogens is 2. The van der Waals surface area contributed by atoms with Crippen LogP contribution in [0, 0.1) is 0 Å². The summed E-state index contributed by atoms with van der Waals surface area (Å²) in [6, 6.07) is 12.2. The zero-order valence-corrected chi connectivity index (χ0v) is 12.2. The molecular weight excluding hydrogens is 276 g/mol. The number of nitrogens with two attached hydrogens (primary N) is 1. The van der Waals surface area contributed by atoms with Crippen LogP contribution in [-0.2, 0) is 11.3 Å². The van der Waals surface area contributed by atoms with Crippen LogP contribution >= 0.6 is 0 Å². The summed E-state index contributed by atoms with van der Waals surface area (Å²) >= 11 is 0. The molecule has 0 aliphatic rings. The van der Waals surface area contributed by atoms with E-state index in [1.807, 2.05) is 30.5 Å². The number of amides is 1. The van der Waals surface area contributed by atoms with E-state index in [4.69, 9.17) is 5.73 Å². The maximum atomic E-state index is 11.5. The summed E-state index contributed by atoms with van der Waals surface area (Å²) in [7, 11) is 0. The van der Waals surface area contributed by atoms with Crippen molar-refractivity contribution in [2.24, 2.45) is 5.73 Å². The van der Waals surface area contributed by atoms with Gasteiger partial charge in [0.05, 0.1) is 0 Å². The number of fused-ring (bicyclic) bond motifs is 1. The van der Waals surface area contributed by atoms with Gasteiger partial charge in [0.25, 0.3) is 0 Å². The van der Waals surface area contributed by atoms with Gasteiger partial charge in [-0.05, 0) is 34.9 Å². The van der Waals surface area contributed by atoms with Crippen LogP contribution in [0.15, 0.2) is 48.8 Å². The van der Waals surface area contributed by atoms with Gasteiger partial charge in [-0.2, -0.15) is 0 Å². The first kappa shape index (κ1) is 14.3. The SMILES string of the molecule is NCCC(=O)NCc1cccc(-c2ccnc3[nH]ccc23)c1. The normalized spacial score (nSPS) is 10.8. The molecule has 0 saturated carbocycles. The van der Waals surface area contributed by atoms with Gasteiger partial charge in [-0.25, -0.2) is 4.98 Å². The molecule has 0 bridgehead atoms. The van der Waals surface area contributed by atoms with Crippen molar-refractivity contribution in [3.8, 4) is 11.1 Å². The van der Waals surface area contributed by atoms with Crippen molar-refractivity contribution < 1.29 is 4.79 Å². The zero-order chi connectivity index (χ0) is 15.4. The highest BCUT2D eigenvalue weighted by atomic mass is 16.1. The summed E-state index contributed by atoms with van der Waals surface area (Å²) < 4.78 is 0. The minimum atomic E-state index is -0.0233. The van der Waals surface area contributed by atoms with E-state index in [1.165, 1.54) is 0 Å². The highest BCUT2D eigenvalue weighted by molar-refractivity contribution is 5.92. The van der Waals surface area contributed by atoms with Crippen molar-refractivity contribution in [2.75, 3.05) is 6.54 Å². The van der Waals surface area contributed by atoms with E-state index in [-0.39, 0.29) is 5.91 Å². The van der Waals surface area contributed by atoms with Gasteiger partial charge in [0.2, 0.25) is 5.91 Å². The molecule has 1 amide bonds. The number of H-pyrrole nitrogens is 1. The number of hydrogen-bond acceptors (Lipinski definition) is 3. The Morgan fingerprint density at radius 3 is 3.05 bits per heavy atom. The van der Waals surface area contributed by atoms with Crippen LogP contribution in [0.5, 0.6) is 0 Å². The van der Waals surface area contributed by atoms with Crippen molar-refractivity contribution in [2.45, 2.75) is 13.0 Å². The Bertz CT molecular complexity index is 794. The van der Waals surface area contributed by atoms with Gasteiger partial charge in [-0.3, -0.25) is 4.79 Å². The number of carbonyl (C=O) groups excluding carboxylic acids is 1. The lowest BCUT2D eigenvalue weighted by molar-refractivity contribution is -0.121. The van der Waals surface area contributed by atoms with E-state index in [9.17, 15) is 4.79 Å². The molecule has 0 aliphatic carbocycles. The molecule has 2 aromatic heterocycles. The highest BCUT2D eigenvalue weighted by Gasteiger charge is 2.06. The minimum Gasteiger partial charge on any atom is -0.352 e. The number of rotatable bonds is 5. The van der Waals surface area contributed by atoms with E-state index in [0.717, 1.165) is 27.7 Å². The first-order chi connectivity index (χ1) is 10.8. The second-order valence-corrected chi connectivity index (χ2v) is 5.11. The quantitative estimate of drug-likeness (QED) is 0.674. The number of carbonyl (C=O) groups is 1. The summed E-state index contributed by atoms with van der Waals surface area (Å²) in [5.41, 5.74) is 9.54. The number of nitrogens with zero attached hydrogens (tertiary/aromatic N) is 1. The Morgan fingerprint density at radius 1 is 1.27 bits per heavy atom. The third-order valence-electron chi connectivity index (χ3n) is 3.56. The third kappa shape index (κ3) is 2.99. The Kier molecular flexibility index (Phi) is 4.16. The van der Waals surface area contributed by atoms with Crippen molar-refractivity contribution >= 4 is 16.9 Å². The summed E-state index contributed by atoms with van der Waals surface area (Å²) in [4.78, 5) is 18.9. The van der Waals surface area contributed by atoms with Crippen LogP contribution in [0.1, 0.15) is 12.0 Å². The molecule has 5 nitrogen and oxygen atoms in total. The van der Waals surface area contributed by atoms with Gasteiger partial charge < -0.3 is 16.0 Å². The van der Waals surface area contributed by atoms with Crippen LogP contribution in [0.25, 0.3) is 22.2 Å². The number of hydrogen-bond donors (Lipinski definition) is 3. The molecule has 0 radical (unpaired) electrons. The molecule has 112 valence electrons. The van der Waals surface area contributed by atoms with Gasteiger partial charge in [0.1, 0.15) is 5.65 Å². The zero-order valence-electron chi connectivity index (χ0n) is 12.2. The molecular formula is C17H18N4O. The Morgan fingerprint density at radius 2 is 2.18 bits per heavy atom. The molecule has 0 atom stereocenters. The van der Waals surface area contributed by atoms with Crippen molar-refractivity contribution in [1.82, 2.24) is 15.3 Å². The van der Waals surface area contributed by atoms with E-state index in [2.05, 4.69) is 27.4 Å². The smallest absolute Gasteiger partial charge is 0.221 e. The van der Waals surface area contributed by atoms with Gasteiger partial charge in [-0.1, -0.05) is 18.2 Å². The van der Waals surface area contributed by atoms with E-state index >= 15 is 0 Å². The molecule has 0 aliphatic heterocycles. The van der Waals surface area contributed by atoms with Gasteiger partial charge in [0.15, 0.2) is 0 Å². The number of nitrogens with one attached hydrogen (secondary N) is 2. The molecule has 22 heavy (non-hydrogen) atoms. The molecule has 0 spiro atoms. The first-order valence-electron chi connectivity index (χ1n) is 7.26. The fourth-order valence-corrected chi connectivity index (χ4v) is 2.48. The fraction of sp³-hybridized carbons (Fsp3) is 0.176. The van der Waals surface area contributed by atoms with Gasteiger partial charge in [0, 0.05) is 37.3 Å². The predicted molar refractivity (Wildman–Crippen MR) is 87.0 cm³/mol. The maximum absolute atomic E-state index is 11.5. The molecule has 0 fully saturated rings. The molecule has 2 heterocycles. The first-order valence-corrected chi connectivity index (χ1v) is 7.26. The fourth-order valence-electron chi connectivity index (χ4n) is 2.48. The monoisotopic (exact) mass is 294 g/mol. The van der Waals surface area contributed by atoms with Crippen molar-refractivity contribution in [3.63, 3.8) is 0 Å². The lowest BCUT2D eigenvalue weighted by Gasteiger charge is -2.08. The Balaban J connectivity index is 1.85. The van der Waals surface area contributed by atoms with E-state index in [0.29, 0.717) is 19.5 Å². The van der Waals surface area contributed by atoms with Crippen LogP contribution in [0.3, 0.4) is 0 Å². The lowest BCUT2D eigenvalue weighted by atomic mass is 10.0. The molecule has 3 rings (SSSR count). The lowest BCUT2D eigenvalue weighted by Crippen LogP contribution is -2.24. The van der Waals surface area contributed by atoms with Crippen LogP contribution in [0.4, 0.5) is 0 Å². The average molecular weight is 294 g/mol. The van der Waals surface area contributed by atoms with E-state index < -0.39 is 0 Å². The van der Waals surface area contributed by atoms with Crippen LogP contribution < -0.4 is 11.1 Å². The molecule has 0 saturated heterocycles. The molecule has 4 N–H and O–H groups in total. The van der Waals surface area contributed by atoms with Crippen molar-refractivity contribution in [3.05, 3.63) is 54.4 Å². The van der Waals surface area contributed by atoms with Crippen molar-refractivity contribution in [1.29, 1.82) is 0 Å². The summed E-state index contributed by atoms with van der Waals surface area (Å²) in [5.74, 6) is -0.0233. The third-order valence-corrected chi connectivity index (χ3v) is 3.56. The molecule has 1 aromatic carbocycles. The second kappa shape index (κ2) is 6.41. The van der Waals surface area contributed by atoms with Gasteiger partial charge >= 0.3 is 0 Å². The standard InChI is InChI=1S/C17H18N4O/c18-7-4-16(22)21-11-12-2-1-3-13(10-12)14-5-8-19-17-15(14)6-9-20-17/h1-3,5-6,8-10H,4,7,11,18H2,(H,19,20)(H,21,22). The molecule has 5 heteroatoms. The molecule has 3 aromatic rings. The van der Waals surface area contributed by atoms with Crippen LogP contribution in [0.2, 0.25) is 0 Å². The largest absolute Gasteiger partial charge is 0.352 e. The highest BCUT2D eigenvalue weighted by Crippen LogP contribution is 2.27. The second-order valence-electron chi connectivity index (χ2n) is 5.11.